The van der Waals surface area contributed by atoms with Crippen LogP contribution in [0.4, 0.5) is 13.2 Å². The van der Waals surface area contributed by atoms with E-state index in [2.05, 4.69) is 0 Å². The van der Waals surface area contributed by atoms with Gasteiger partial charge in [0.15, 0.2) is 6.61 Å². The minimum Gasteiger partial charge on any atom is -0.491 e. The van der Waals surface area contributed by atoms with Crippen molar-refractivity contribution in [2.24, 2.45) is 0 Å². The largest absolute Gasteiger partial charge is 0.491 e. The minimum atomic E-state index is -4.41. The molecule has 0 aromatic heterocycles. The van der Waals surface area contributed by atoms with Gasteiger partial charge in [0.1, 0.15) is 18.1 Å². The molecule has 32 heavy (non-hydrogen) atoms. The van der Waals surface area contributed by atoms with Crippen molar-refractivity contribution >= 4 is 16.8 Å². The number of hydrogen-bond donors (Lipinski definition) is 1. The summed E-state index contributed by atoms with van der Waals surface area (Å²) in [5.74, 6) is -0.102. The van der Waals surface area contributed by atoms with Gasteiger partial charge in [-0.1, -0.05) is 0 Å². The maximum absolute atomic E-state index is 12.7. The number of aryl methyl sites for hydroxylation is 1. The number of aliphatic carboxylic acids is 1. The third-order valence-electron chi connectivity index (χ3n) is 4.41. The molecule has 2 atom stereocenters. The third-order valence-corrected chi connectivity index (χ3v) is 5.79. The summed E-state index contributed by atoms with van der Waals surface area (Å²) < 4.78 is 66.9. The van der Waals surface area contributed by atoms with E-state index in [1.54, 1.807) is 32.0 Å². The zero-order valence-corrected chi connectivity index (χ0v) is 18.5. The fourth-order valence-corrected chi connectivity index (χ4v) is 4.04. The van der Waals surface area contributed by atoms with Gasteiger partial charge in [0.25, 0.3) is 0 Å². The van der Waals surface area contributed by atoms with Gasteiger partial charge in [-0.2, -0.15) is 13.2 Å². The van der Waals surface area contributed by atoms with Crippen LogP contribution in [-0.2, 0) is 26.5 Å². The topological polar surface area (TPSA) is 82.1 Å². The molecular weight excluding hydrogens is 449 g/mol. The van der Waals surface area contributed by atoms with Crippen LogP contribution in [0.5, 0.6) is 11.5 Å². The predicted octanol–water partition coefficient (Wildman–Crippen LogP) is 4.46. The van der Waals surface area contributed by atoms with Gasteiger partial charge >= 0.3 is 12.1 Å². The van der Waals surface area contributed by atoms with Crippen molar-refractivity contribution in [2.45, 2.75) is 37.4 Å². The fourth-order valence-electron chi connectivity index (χ4n) is 2.80. The predicted molar refractivity (Wildman–Crippen MR) is 113 cm³/mol. The summed E-state index contributed by atoms with van der Waals surface area (Å²) in [4.78, 5) is 11.2. The van der Waals surface area contributed by atoms with Crippen molar-refractivity contribution < 1.29 is 41.5 Å². The summed E-state index contributed by atoms with van der Waals surface area (Å²) in [7, 11) is -1.33. The molecule has 2 rings (SSSR count). The second-order valence-corrected chi connectivity index (χ2v) is 8.43. The summed E-state index contributed by atoms with van der Waals surface area (Å²) in [6.07, 6.45) is -4.38. The highest BCUT2D eigenvalue weighted by molar-refractivity contribution is 7.85. The molecule has 1 N–H and O–H groups in total. The zero-order chi connectivity index (χ0) is 23.7. The molecule has 6 nitrogen and oxygen atoms in total. The molecule has 2 aromatic rings. The van der Waals surface area contributed by atoms with E-state index in [1.807, 2.05) is 0 Å². The minimum absolute atomic E-state index is 0.109. The molecule has 0 amide bonds. The molecule has 0 fully saturated rings. The highest BCUT2D eigenvalue weighted by Crippen LogP contribution is 2.30. The molecule has 0 aliphatic carbocycles. The molecule has 1 unspecified atom stereocenters. The maximum atomic E-state index is 12.7. The second kappa shape index (κ2) is 11.9. The lowest BCUT2D eigenvalue weighted by Crippen LogP contribution is -2.24. The molecule has 176 valence electrons. The normalized spacial score (nSPS) is 13.4. The van der Waals surface area contributed by atoms with Crippen LogP contribution in [0.3, 0.4) is 0 Å². The van der Waals surface area contributed by atoms with Crippen molar-refractivity contribution in [1.29, 1.82) is 0 Å². The number of hydrogen-bond acceptors (Lipinski definition) is 5. The van der Waals surface area contributed by atoms with Crippen molar-refractivity contribution in [3.05, 3.63) is 53.6 Å². The van der Waals surface area contributed by atoms with Crippen molar-refractivity contribution in [3.63, 3.8) is 0 Å². The van der Waals surface area contributed by atoms with Crippen LogP contribution >= 0.6 is 0 Å². The lowest BCUT2D eigenvalue weighted by Gasteiger charge is -2.18. The maximum Gasteiger partial charge on any atom is 0.416 e. The van der Waals surface area contributed by atoms with Crippen LogP contribution in [0.15, 0.2) is 47.4 Å². The molecule has 0 radical (unpaired) electrons. The highest BCUT2D eigenvalue weighted by Gasteiger charge is 2.30. The number of carboxylic acid groups (broad SMARTS) is 1. The highest BCUT2D eigenvalue weighted by atomic mass is 32.2. The Labute approximate surface area is 186 Å². The Kier molecular flexibility index (Phi) is 9.52. The molecule has 0 saturated carbocycles. The lowest BCUT2D eigenvalue weighted by molar-refractivity contribution is -0.139. The van der Waals surface area contributed by atoms with E-state index in [0.29, 0.717) is 29.2 Å². The van der Waals surface area contributed by atoms with E-state index in [0.717, 1.165) is 12.1 Å². The van der Waals surface area contributed by atoms with Crippen LogP contribution in [0.25, 0.3) is 0 Å². The summed E-state index contributed by atoms with van der Waals surface area (Å²) in [6.45, 7) is 3.60. The summed E-state index contributed by atoms with van der Waals surface area (Å²) >= 11 is 0. The number of benzene rings is 2. The van der Waals surface area contributed by atoms with Gasteiger partial charge in [0, 0.05) is 17.3 Å². The average molecular weight is 474 g/mol. The Morgan fingerprint density at radius 1 is 1.12 bits per heavy atom. The second-order valence-electron chi connectivity index (χ2n) is 6.86. The number of carbonyl (C=O) groups is 1. The molecule has 0 aliphatic heterocycles. The number of carboxylic acids is 1. The van der Waals surface area contributed by atoms with Crippen LogP contribution in [-0.4, -0.2) is 47.0 Å². The van der Waals surface area contributed by atoms with E-state index in [4.69, 9.17) is 19.3 Å². The average Bonchev–Trinajstić information content (AvgIpc) is 2.74. The monoisotopic (exact) mass is 474 g/mol. The van der Waals surface area contributed by atoms with Gasteiger partial charge in [0.2, 0.25) is 0 Å². The van der Waals surface area contributed by atoms with E-state index in [-0.39, 0.29) is 24.2 Å². The van der Waals surface area contributed by atoms with Crippen LogP contribution < -0.4 is 9.47 Å². The third kappa shape index (κ3) is 8.16. The molecule has 10 heteroatoms. The Morgan fingerprint density at radius 3 is 2.38 bits per heavy atom. The number of ether oxygens (including phenoxy) is 3. The van der Waals surface area contributed by atoms with Crippen molar-refractivity contribution in [1.82, 2.24) is 0 Å². The van der Waals surface area contributed by atoms with Gasteiger partial charge in [0.05, 0.1) is 22.5 Å². The van der Waals surface area contributed by atoms with Crippen LogP contribution in [0.1, 0.15) is 24.5 Å². The van der Waals surface area contributed by atoms with E-state index >= 15 is 0 Å². The van der Waals surface area contributed by atoms with E-state index < -0.39 is 35.1 Å². The van der Waals surface area contributed by atoms with Gasteiger partial charge in [-0.05, 0) is 68.3 Å². The first-order chi connectivity index (χ1) is 15.1. The molecule has 0 aliphatic rings. The zero-order valence-electron chi connectivity index (χ0n) is 17.7. The quantitative estimate of drug-likeness (QED) is 0.489. The molecule has 0 saturated heterocycles. The Hall–Kier alpha value is -2.59. The van der Waals surface area contributed by atoms with Crippen LogP contribution in [0, 0.1) is 6.92 Å². The molecule has 0 spiro atoms. The number of alkyl halides is 3. The SMILES string of the molecule is CCO[C@@H](CCS(=O)c1ccc(OCC(=O)O)c(C)c1)COc1ccc(C(F)(F)F)cc1. The summed E-state index contributed by atoms with van der Waals surface area (Å²) in [5, 5.41) is 8.69. The molecule has 0 bridgehead atoms. The Morgan fingerprint density at radius 2 is 1.81 bits per heavy atom. The summed E-state index contributed by atoms with van der Waals surface area (Å²) in [5.41, 5.74) is -0.0830. The summed E-state index contributed by atoms with van der Waals surface area (Å²) in [6, 6.07) is 9.29. The van der Waals surface area contributed by atoms with Crippen molar-refractivity contribution in [2.75, 3.05) is 25.6 Å². The number of halogens is 3. The number of rotatable bonds is 12. The molecule has 2 aromatic carbocycles. The first-order valence-corrected chi connectivity index (χ1v) is 11.2. The smallest absolute Gasteiger partial charge is 0.416 e. The van der Waals surface area contributed by atoms with Gasteiger partial charge < -0.3 is 19.3 Å². The Bertz CT molecular complexity index is 915. The molecular formula is C22H25F3O6S. The molecule has 0 heterocycles. The van der Waals surface area contributed by atoms with E-state index in [1.165, 1.54) is 12.1 Å². The van der Waals surface area contributed by atoms with Crippen LogP contribution in [0.2, 0.25) is 0 Å². The van der Waals surface area contributed by atoms with Crippen molar-refractivity contribution in [3.8, 4) is 11.5 Å². The first kappa shape index (κ1) is 25.7. The standard InChI is InChI=1S/C22H25F3O6S/c1-3-29-18(13-30-17-6-4-16(5-7-17)22(23,24)25)10-11-32(28)19-8-9-20(15(2)12-19)31-14-21(26)27/h4-9,12,18H,3,10-11,13-14H2,1-2H3,(H,26,27)/t18-,32?/m0/s1. The Balaban J connectivity index is 1.90. The van der Waals surface area contributed by atoms with Gasteiger partial charge in [-0.25, -0.2) is 4.79 Å². The van der Waals surface area contributed by atoms with Gasteiger partial charge in [-0.15, -0.1) is 0 Å². The van der Waals surface area contributed by atoms with Gasteiger partial charge in [-0.3, -0.25) is 4.21 Å². The lowest BCUT2D eigenvalue weighted by atomic mass is 10.2. The first-order valence-electron chi connectivity index (χ1n) is 9.85. The fraction of sp³-hybridized carbons (Fsp3) is 0.409. The van der Waals surface area contributed by atoms with E-state index in [9.17, 15) is 22.2 Å².